The highest BCUT2D eigenvalue weighted by molar-refractivity contribution is 6.03. The van der Waals surface area contributed by atoms with Crippen molar-refractivity contribution < 1.29 is 45.1 Å². The van der Waals surface area contributed by atoms with Gasteiger partial charge >= 0.3 is 18.3 Å². The maximum absolute atomic E-state index is 14.1. The quantitative estimate of drug-likeness (QED) is 0.185. The van der Waals surface area contributed by atoms with Crippen molar-refractivity contribution in [3.8, 4) is 11.1 Å². The first-order valence-corrected chi connectivity index (χ1v) is 15.8. The molecule has 5 rings (SSSR count). The van der Waals surface area contributed by atoms with Crippen molar-refractivity contribution in [3.05, 3.63) is 82.4 Å². The lowest BCUT2D eigenvalue weighted by atomic mass is 9.76. The number of rotatable bonds is 7. The third kappa shape index (κ3) is 6.80. The topological polar surface area (TPSA) is 59.5 Å². The summed E-state index contributed by atoms with van der Waals surface area (Å²) in [5.41, 5.74) is -2.74. The van der Waals surface area contributed by atoms with Crippen molar-refractivity contribution in [2.24, 2.45) is 11.3 Å². The number of ether oxygens (including phenoxy) is 1. The van der Waals surface area contributed by atoms with E-state index in [1.807, 2.05) is 6.07 Å². The number of halogens is 7. The molecule has 2 saturated carbocycles. The van der Waals surface area contributed by atoms with Crippen molar-refractivity contribution in [1.82, 2.24) is 4.98 Å². The first kappa shape index (κ1) is 35.3. The molecule has 1 atom stereocenters. The molecule has 2 aromatic carbocycles. The Kier molecular flexibility index (Phi) is 9.20. The van der Waals surface area contributed by atoms with Gasteiger partial charge in [0.05, 0.1) is 41.0 Å². The molecule has 1 heterocycles. The van der Waals surface area contributed by atoms with Gasteiger partial charge in [0.2, 0.25) is 5.91 Å². The number of nitrogens with zero attached hydrogens (tertiary/aromatic N) is 2. The number of hydrogen-bond donors (Lipinski definition) is 0. The van der Waals surface area contributed by atoms with Gasteiger partial charge in [0, 0.05) is 24.2 Å². The first-order valence-electron chi connectivity index (χ1n) is 15.8. The SMILES string of the molecule is CCOC(=O)C1CC12CCC(c1cc(-c3ccc(F)cc3C)c(N(C)C(=O)C(C)(C)c3cc(C(F)(F)F)cc(C(F)(F)F)c3)cn1)CC2. The van der Waals surface area contributed by atoms with E-state index in [2.05, 4.69) is 4.98 Å². The van der Waals surface area contributed by atoms with E-state index in [1.165, 1.54) is 44.1 Å². The minimum absolute atomic E-state index is 0.0269. The van der Waals surface area contributed by atoms with Crippen LogP contribution in [0.2, 0.25) is 0 Å². The van der Waals surface area contributed by atoms with Crippen LogP contribution in [0.4, 0.5) is 36.4 Å². The average molecular weight is 679 g/mol. The minimum atomic E-state index is -5.08. The van der Waals surface area contributed by atoms with Crippen molar-refractivity contribution in [2.45, 2.75) is 83.5 Å². The van der Waals surface area contributed by atoms with E-state index in [-0.39, 0.29) is 35.0 Å². The Hall–Kier alpha value is -3.96. The third-order valence-corrected chi connectivity index (χ3v) is 10.1. The summed E-state index contributed by atoms with van der Waals surface area (Å²) in [5, 5.41) is 0. The van der Waals surface area contributed by atoms with Gasteiger partial charge in [-0.1, -0.05) is 6.07 Å². The summed E-state index contributed by atoms with van der Waals surface area (Å²) >= 11 is 0. The Labute approximate surface area is 274 Å². The average Bonchev–Trinajstić information content (AvgIpc) is 3.72. The highest BCUT2D eigenvalue weighted by Crippen LogP contribution is 2.63. The number of alkyl halides is 6. The molecular formula is C36H37F7N2O3. The molecule has 3 aromatic rings. The minimum Gasteiger partial charge on any atom is -0.466 e. The molecule has 1 amide bonds. The molecule has 1 unspecified atom stereocenters. The highest BCUT2D eigenvalue weighted by atomic mass is 19.4. The zero-order valence-corrected chi connectivity index (χ0v) is 27.3. The van der Waals surface area contributed by atoms with Crippen LogP contribution in [0.25, 0.3) is 11.1 Å². The first-order chi connectivity index (χ1) is 22.3. The van der Waals surface area contributed by atoms with Crippen LogP contribution >= 0.6 is 0 Å². The normalized spacial score (nSPS) is 21.2. The molecule has 48 heavy (non-hydrogen) atoms. The Morgan fingerprint density at radius 1 is 0.917 bits per heavy atom. The van der Waals surface area contributed by atoms with Crippen LogP contribution in [-0.4, -0.2) is 30.5 Å². The van der Waals surface area contributed by atoms with Gasteiger partial charge in [-0.2, -0.15) is 26.3 Å². The van der Waals surface area contributed by atoms with Crippen LogP contribution in [0.15, 0.2) is 48.7 Å². The Bertz CT molecular complexity index is 1690. The van der Waals surface area contributed by atoms with E-state index >= 15 is 0 Å². The lowest BCUT2D eigenvalue weighted by Crippen LogP contribution is -2.42. The standard InChI is InChI=1S/C36H37F7N2O3/c1-6-48-31(46)28-18-34(28)11-9-21(10-12-34)29-17-27(26-8-7-25(37)13-20(26)2)30(19-44-29)45(5)32(47)33(3,4)22-14-23(35(38,39)40)16-24(15-22)36(41,42)43/h7-8,13-17,19,21,28H,6,9-12,18H2,1-5H3. The molecule has 2 aliphatic rings. The second-order valence-electron chi connectivity index (χ2n) is 13.5. The number of amides is 1. The van der Waals surface area contributed by atoms with Gasteiger partial charge in [-0.3, -0.25) is 14.6 Å². The number of hydrogen-bond acceptors (Lipinski definition) is 4. The molecule has 0 bridgehead atoms. The fourth-order valence-electron chi connectivity index (χ4n) is 7.03. The maximum atomic E-state index is 14.1. The van der Waals surface area contributed by atoms with Crippen molar-refractivity contribution in [2.75, 3.05) is 18.6 Å². The van der Waals surface area contributed by atoms with Crippen LogP contribution in [-0.2, 0) is 32.1 Å². The summed E-state index contributed by atoms with van der Waals surface area (Å²) in [6.07, 6.45) is -4.72. The van der Waals surface area contributed by atoms with Crippen LogP contribution in [0.3, 0.4) is 0 Å². The fraction of sp³-hybridized carbons (Fsp3) is 0.472. The molecule has 2 aliphatic carbocycles. The predicted octanol–water partition coefficient (Wildman–Crippen LogP) is 9.40. The smallest absolute Gasteiger partial charge is 0.416 e. The van der Waals surface area contributed by atoms with Gasteiger partial charge in [0.25, 0.3) is 0 Å². The third-order valence-electron chi connectivity index (χ3n) is 10.1. The Morgan fingerprint density at radius 3 is 2.04 bits per heavy atom. The Balaban J connectivity index is 1.50. The van der Waals surface area contributed by atoms with E-state index in [1.54, 1.807) is 19.9 Å². The fourth-order valence-corrected chi connectivity index (χ4v) is 7.03. The van der Waals surface area contributed by atoms with Crippen LogP contribution in [0.1, 0.15) is 86.7 Å². The Morgan fingerprint density at radius 2 is 1.50 bits per heavy atom. The summed E-state index contributed by atoms with van der Waals surface area (Å²) in [6, 6.07) is 7.13. The highest BCUT2D eigenvalue weighted by Gasteiger charge is 2.59. The summed E-state index contributed by atoms with van der Waals surface area (Å²) in [4.78, 5) is 32.2. The number of anilines is 1. The van der Waals surface area contributed by atoms with Gasteiger partial charge in [-0.25, -0.2) is 4.39 Å². The predicted molar refractivity (Wildman–Crippen MR) is 166 cm³/mol. The number of carbonyl (C=O) groups is 2. The largest absolute Gasteiger partial charge is 0.466 e. The summed E-state index contributed by atoms with van der Waals surface area (Å²) < 4.78 is 101. The molecule has 12 heteroatoms. The lowest BCUT2D eigenvalue weighted by molar-refractivity contribution is -0.146. The molecule has 0 N–H and O–H groups in total. The number of aryl methyl sites for hydroxylation is 1. The van der Waals surface area contributed by atoms with E-state index < -0.39 is 46.2 Å². The van der Waals surface area contributed by atoms with E-state index in [9.17, 15) is 40.3 Å². The lowest BCUT2D eigenvalue weighted by Gasteiger charge is -2.33. The summed E-state index contributed by atoms with van der Waals surface area (Å²) in [7, 11) is 1.38. The van der Waals surface area contributed by atoms with Crippen LogP contribution in [0, 0.1) is 24.1 Å². The zero-order valence-electron chi connectivity index (χ0n) is 27.3. The van der Waals surface area contributed by atoms with Crippen molar-refractivity contribution in [1.29, 1.82) is 0 Å². The molecular weight excluding hydrogens is 641 g/mol. The van der Waals surface area contributed by atoms with Crippen LogP contribution < -0.4 is 4.90 Å². The van der Waals surface area contributed by atoms with E-state index in [0.717, 1.165) is 37.8 Å². The summed E-state index contributed by atoms with van der Waals surface area (Å²) in [5.74, 6) is -1.47. The van der Waals surface area contributed by atoms with Gasteiger partial charge in [-0.15, -0.1) is 0 Å². The van der Waals surface area contributed by atoms with Gasteiger partial charge < -0.3 is 9.64 Å². The molecule has 5 nitrogen and oxygen atoms in total. The molecule has 1 spiro atoms. The van der Waals surface area contributed by atoms with Gasteiger partial charge in [0.1, 0.15) is 5.82 Å². The van der Waals surface area contributed by atoms with E-state index in [0.29, 0.717) is 35.4 Å². The number of likely N-dealkylation sites (N-methyl/N-ethyl adjacent to an activating group) is 1. The van der Waals surface area contributed by atoms with Gasteiger partial charge in [0.15, 0.2) is 0 Å². The van der Waals surface area contributed by atoms with Crippen molar-refractivity contribution >= 4 is 17.6 Å². The van der Waals surface area contributed by atoms with Crippen LogP contribution in [0.5, 0.6) is 0 Å². The molecule has 1 aromatic heterocycles. The zero-order chi connectivity index (χ0) is 35.4. The monoisotopic (exact) mass is 678 g/mol. The molecule has 0 radical (unpaired) electrons. The maximum Gasteiger partial charge on any atom is 0.416 e. The molecule has 0 saturated heterocycles. The number of carbonyl (C=O) groups excluding carboxylic acids is 2. The van der Waals surface area contributed by atoms with Gasteiger partial charge in [-0.05, 0) is 118 Å². The van der Waals surface area contributed by atoms with Crippen molar-refractivity contribution in [3.63, 3.8) is 0 Å². The molecule has 0 aliphatic heterocycles. The molecule has 258 valence electrons. The number of benzene rings is 2. The molecule has 2 fully saturated rings. The number of esters is 1. The summed E-state index contributed by atoms with van der Waals surface area (Å²) in [6.45, 7) is 6.35. The number of pyridine rings is 1. The number of aromatic nitrogens is 1. The second kappa shape index (κ2) is 12.5. The second-order valence-corrected chi connectivity index (χ2v) is 13.5. The van der Waals surface area contributed by atoms with E-state index in [4.69, 9.17) is 4.74 Å².